The van der Waals surface area contributed by atoms with Crippen molar-refractivity contribution < 1.29 is 39.0 Å². The van der Waals surface area contributed by atoms with E-state index in [1.165, 1.54) is 11.8 Å². The number of amides is 4. The molecule has 4 atom stereocenters. The number of rotatable bonds is 12. The molecule has 1 saturated heterocycles. The van der Waals surface area contributed by atoms with Crippen LogP contribution >= 0.6 is 0 Å². The van der Waals surface area contributed by atoms with Gasteiger partial charge in [0.05, 0.1) is 6.04 Å². The van der Waals surface area contributed by atoms with Crippen molar-refractivity contribution in [3.05, 3.63) is 0 Å². The number of carboxylic acid groups (broad SMARTS) is 2. The molecule has 13 heteroatoms. The molecule has 8 N–H and O–H groups in total. The number of hydrogen-bond acceptors (Lipinski definition) is 7. The van der Waals surface area contributed by atoms with Gasteiger partial charge >= 0.3 is 11.9 Å². The Bertz CT molecular complexity index is 728. The summed E-state index contributed by atoms with van der Waals surface area (Å²) in [7, 11) is 0. The van der Waals surface area contributed by atoms with Crippen molar-refractivity contribution in [2.45, 2.75) is 69.6 Å². The van der Waals surface area contributed by atoms with Crippen LogP contribution in [0, 0.1) is 0 Å². The minimum absolute atomic E-state index is 0.161. The van der Waals surface area contributed by atoms with Crippen LogP contribution in [0.3, 0.4) is 0 Å². The van der Waals surface area contributed by atoms with Gasteiger partial charge in [0.15, 0.2) is 0 Å². The first-order chi connectivity index (χ1) is 14.4. The lowest BCUT2D eigenvalue weighted by atomic mass is 10.1. The van der Waals surface area contributed by atoms with Gasteiger partial charge in [-0.1, -0.05) is 0 Å². The summed E-state index contributed by atoms with van der Waals surface area (Å²) in [4.78, 5) is 71.6. The van der Waals surface area contributed by atoms with Crippen molar-refractivity contribution in [2.75, 3.05) is 6.54 Å². The van der Waals surface area contributed by atoms with E-state index in [-0.39, 0.29) is 32.2 Å². The summed E-state index contributed by atoms with van der Waals surface area (Å²) in [5.41, 5.74) is 10.7. The number of aliphatic carboxylic acids is 2. The minimum atomic E-state index is -1.25. The fraction of sp³-hybridized carbons (Fsp3) is 0.667. The number of hydrogen-bond donors (Lipinski definition) is 6. The predicted octanol–water partition coefficient (Wildman–Crippen LogP) is -2.49. The molecule has 1 aliphatic rings. The Kier molecular flexibility index (Phi) is 9.86. The van der Waals surface area contributed by atoms with E-state index in [2.05, 4.69) is 10.6 Å². The van der Waals surface area contributed by atoms with Crippen molar-refractivity contribution in [3.8, 4) is 0 Å². The van der Waals surface area contributed by atoms with Crippen LogP contribution in [0.15, 0.2) is 0 Å². The van der Waals surface area contributed by atoms with Gasteiger partial charge in [0.25, 0.3) is 0 Å². The third kappa shape index (κ3) is 8.20. The second-order valence-electron chi connectivity index (χ2n) is 7.36. The quantitative estimate of drug-likeness (QED) is 0.187. The van der Waals surface area contributed by atoms with Crippen LogP contribution in [-0.2, 0) is 28.8 Å². The summed E-state index contributed by atoms with van der Waals surface area (Å²) >= 11 is 0. The van der Waals surface area contributed by atoms with E-state index in [4.69, 9.17) is 16.6 Å². The van der Waals surface area contributed by atoms with E-state index in [1.807, 2.05) is 0 Å². The van der Waals surface area contributed by atoms with E-state index in [9.17, 15) is 33.9 Å². The number of nitrogens with one attached hydrogen (secondary N) is 2. The Hall–Kier alpha value is -3.22. The molecule has 1 heterocycles. The first-order valence-electron chi connectivity index (χ1n) is 9.83. The summed E-state index contributed by atoms with van der Waals surface area (Å²) in [6.45, 7) is 1.62. The zero-order valence-corrected chi connectivity index (χ0v) is 17.2. The van der Waals surface area contributed by atoms with Crippen molar-refractivity contribution in [2.24, 2.45) is 11.5 Å². The number of carbonyl (C=O) groups is 6. The van der Waals surface area contributed by atoms with Gasteiger partial charge in [-0.2, -0.15) is 0 Å². The molecule has 31 heavy (non-hydrogen) atoms. The maximum absolute atomic E-state index is 12.6. The highest BCUT2D eigenvalue weighted by molar-refractivity contribution is 5.94. The Morgan fingerprint density at radius 3 is 2.23 bits per heavy atom. The molecule has 0 aromatic heterocycles. The number of nitrogens with two attached hydrogens (primary N) is 2. The smallest absolute Gasteiger partial charge is 0.326 e. The summed E-state index contributed by atoms with van der Waals surface area (Å²) in [5.74, 6) is -5.15. The van der Waals surface area contributed by atoms with Gasteiger partial charge in [-0.05, 0) is 32.6 Å². The van der Waals surface area contributed by atoms with Gasteiger partial charge in [-0.15, -0.1) is 0 Å². The standard InChI is InChI=1S/C18H29N5O8/c1-9(17(29)23-8-2-3-12(23)18(30)31)21-16(28)11(5-6-13(20)24)22-15(27)10(19)4-7-14(25)26/h9-12H,2-8,19H2,1H3,(H2,20,24)(H,21,28)(H,22,27)(H,25,26)(H,30,31). The number of carboxylic acids is 2. The van der Waals surface area contributed by atoms with Gasteiger partial charge in [-0.25, -0.2) is 4.79 Å². The number of nitrogens with zero attached hydrogens (tertiary/aromatic N) is 1. The molecular weight excluding hydrogens is 414 g/mol. The molecule has 0 saturated carbocycles. The summed E-state index contributed by atoms with van der Waals surface area (Å²) < 4.78 is 0. The first-order valence-corrected chi connectivity index (χ1v) is 9.83. The van der Waals surface area contributed by atoms with Crippen molar-refractivity contribution >= 4 is 35.6 Å². The van der Waals surface area contributed by atoms with Crippen LogP contribution < -0.4 is 22.1 Å². The molecule has 174 valence electrons. The van der Waals surface area contributed by atoms with Crippen molar-refractivity contribution in [1.82, 2.24) is 15.5 Å². The molecule has 0 aromatic rings. The average Bonchev–Trinajstić information content (AvgIpc) is 3.18. The fourth-order valence-electron chi connectivity index (χ4n) is 3.16. The zero-order valence-electron chi connectivity index (χ0n) is 17.2. The van der Waals surface area contributed by atoms with Crippen molar-refractivity contribution in [3.63, 3.8) is 0 Å². The largest absolute Gasteiger partial charge is 0.481 e. The predicted molar refractivity (Wildman–Crippen MR) is 105 cm³/mol. The molecule has 13 nitrogen and oxygen atoms in total. The molecule has 1 fully saturated rings. The summed E-state index contributed by atoms with van der Waals surface area (Å²) in [5, 5.41) is 22.6. The SMILES string of the molecule is CC(NC(=O)C(CCC(N)=O)NC(=O)C(N)CCC(=O)O)C(=O)N1CCCC1C(=O)O. The Labute approximate surface area is 178 Å². The van der Waals surface area contributed by atoms with Crippen LogP contribution in [0.25, 0.3) is 0 Å². The van der Waals surface area contributed by atoms with Gasteiger partial charge in [0.1, 0.15) is 18.1 Å². The van der Waals surface area contributed by atoms with Crippen LogP contribution in [0.5, 0.6) is 0 Å². The van der Waals surface area contributed by atoms with E-state index < -0.39 is 59.7 Å². The molecule has 1 rings (SSSR count). The number of carbonyl (C=O) groups excluding carboxylic acids is 4. The highest BCUT2D eigenvalue weighted by atomic mass is 16.4. The lowest BCUT2D eigenvalue weighted by Crippen LogP contribution is -2.56. The van der Waals surface area contributed by atoms with Gasteiger partial charge < -0.3 is 37.2 Å². The van der Waals surface area contributed by atoms with Gasteiger partial charge in [0, 0.05) is 19.4 Å². The molecule has 0 aliphatic carbocycles. The minimum Gasteiger partial charge on any atom is -0.481 e. The summed E-state index contributed by atoms with van der Waals surface area (Å²) in [6.07, 6.45) is -0.0774. The number of primary amides is 1. The van der Waals surface area contributed by atoms with E-state index in [0.717, 1.165) is 0 Å². The van der Waals surface area contributed by atoms with Gasteiger partial charge in [-0.3, -0.25) is 24.0 Å². The first kappa shape index (κ1) is 25.8. The fourth-order valence-corrected chi connectivity index (χ4v) is 3.16. The van der Waals surface area contributed by atoms with Crippen LogP contribution in [0.1, 0.15) is 45.4 Å². The second kappa shape index (κ2) is 11.8. The maximum Gasteiger partial charge on any atom is 0.326 e. The molecule has 4 unspecified atom stereocenters. The second-order valence-corrected chi connectivity index (χ2v) is 7.36. The topological polar surface area (TPSA) is 222 Å². The Morgan fingerprint density at radius 2 is 1.68 bits per heavy atom. The lowest BCUT2D eigenvalue weighted by molar-refractivity contribution is -0.149. The monoisotopic (exact) mass is 443 g/mol. The normalized spacial score (nSPS) is 18.5. The zero-order chi connectivity index (χ0) is 23.7. The molecule has 0 bridgehead atoms. The van der Waals surface area contributed by atoms with Crippen LogP contribution in [-0.4, -0.2) is 81.4 Å². The molecule has 1 aliphatic heterocycles. The summed E-state index contributed by atoms with van der Waals surface area (Å²) in [6, 6.07) is -4.49. The Balaban J connectivity index is 2.78. The van der Waals surface area contributed by atoms with Crippen LogP contribution in [0.4, 0.5) is 0 Å². The molecule has 0 radical (unpaired) electrons. The van der Waals surface area contributed by atoms with Crippen LogP contribution in [0.2, 0.25) is 0 Å². The van der Waals surface area contributed by atoms with E-state index in [0.29, 0.717) is 12.8 Å². The average molecular weight is 443 g/mol. The van der Waals surface area contributed by atoms with Gasteiger partial charge in [0.2, 0.25) is 23.6 Å². The third-order valence-electron chi connectivity index (χ3n) is 4.87. The Morgan fingerprint density at radius 1 is 1.03 bits per heavy atom. The molecule has 0 spiro atoms. The lowest BCUT2D eigenvalue weighted by Gasteiger charge is -2.27. The highest BCUT2D eigenvalue weighted by Gasteiger charge is 2.37. The number of likely N-dealkylation sites (tertiary alicyclic amines) is 1. The molecular formula is C18H29N5O8. The molecule has 0 aromatic carbocycles. The molecule has 4 amide bonds. The highest BCUT2D eigenvalue weighted by Crippen LogP contribution is 2.18. The van der Waals surface area contributed by atoms with E-state index >= 15 is 0 Å². The van der Waals surface area contributed by atoms with E-state index in [1.54, 1.807) is 0 Å². The third-order valence-corrected chi connectivity index (χ3v) is 4.87. The maximum atomic E-state index is 12.6. The van der Waals surface area contributed by atoms with Crippen molar-refractivity contribution in [1.29, 1.82) is 0 Å².